The van der Waals surface area contributed by atoms with Crippen LogP contribution in [0.25, 0.3) is 10.9 Å². The Balaban J connectivity index is 2.79. The first-order valence-electron chi connectivity index (χ1n) is 5.22. The highest BCUT2D eigenvalue weighted by Gasteiger charge is 2.06. The quantitative estimate of drug-likeness (QED) is 0.621. The maximum atomic E-state index is 6.09. The summed E-state index contributed by atoms with van der Waals surface area (Å²) in [7, 11) is 0. The van der Waals surface area contributed by atoms with Gasteiger partial charge >= 0.3 is 0 Å². The minimum atomic E-state index is 0.733. The van der Waals surface area contributed by atoms with Gasteiger partial charge in [0.15, 0.2) is 0 Å². The molecule has 0 aliphatic carbocycles. The number of nitrogens with two attached hydrogens (primary N) is 1. The molecule has 84 valence electrons. The predicted octanol–water partition coefficient (Wildman–Crippen LogP) is 3.04. The van der Waals surface area contributed by atoms with E-state index in [9.17, 15) is 0 Å². The molecule has 0 radical (unpaired) electrons. The van der Waals surface area contributed by atoms with Crippen molar-refractivity contribution in [3.63, 3.8) is 0 Å². The molecule has 4 heteroatoms. The van der Waals surface area contributed by atoms with Crippen LogP contribution in [0.1, 0.15) is 18.2 Å². The molecule has 0 atom stereocenters. The number of aromatic nitrogens is 1. The normalized spacial score (nSPS) is 10.8. The van der Waals surface area contributed by atoms with Crippen LogP contribution in [0.2, 0.25) is 5.02 Å². The molecule has 1 aromatic carbocycles. The molecule has 2 aromatic rings. The van der Waals surface area contributed by atoms with Crippen molar-refractivity contribution in [3.05, 3.63) is 34.5 Å². The zero-order valence-corrected chi connectivity index (χ0v) is 10.1. The highest BCUT2D eigenvalue weighted by atomic mass is 35.5. The average Bonchev–Trinajstić information content (AvgIpc) is 2.29. The molecule has 16 heavy (non-hydrogen) atoms. The van der Waals surface area contributed by atoms with Crippen LogP contribution in [-0.2, 0) is 6.42 Å². The molecule has 1 aromatic heterocycles. The number of hydrogen-bond donors (Lipinski definition) is 2. The molecular weight excluding hydrogens is 222 g/mol. The zero-order valence-electron chi connectivity index (χ0n) is 9.34. The lowest BCUT2D eigenvalue weighted by atomic mass is 10.1. The first-order valence-corrected chi connectivity index (χ1v) is 5.60. The van der Waals surface area contributed by atoms with Crippen LogP contribution in [-0.4, -0.2) is 4.98 Å². The first-order chi connectivity index (χ1) is 7.65. The van der Waals surface area contributed by atoms with Gasteiger partial charge in [-0.2, -0.15) is 0 Å². The van der Waals surface area contributed by atoms with Crippen LogP contribution in [0.4, 0.5) is 5.69 Å². The minimum absolute atomic E-state index is 0.733. The standard InChI is InChI=1S/C12H14ClN3/c1-3-8-5-12(16-14)9-4-7(2)10(13)6-11(9)15-8/h4-6H,3,14H2,1-2H3,(H,15,16). The maximum Gasteiger partial charge on any atom is 0.0741 e. The molecule has 0 spiro atoms. The van der Waals surface area contributed by atoms with Crippen LogP contribution in [0.15, 0.2) is 18.2 Å². The van der Waals surface area contributed by atoms with Gasteiger partial charge in [0.2, 0.25) is 0 Å². The van der Waals surface area contributed by atoms with Crippen LogP contribution in [0, 0.1) is 6.92 Å². The number of benzene rings is 1. The van der Waals surface area contributed by atoms with E-state index in [0.29, 0.717) is 0 Å². The summed E-state index contributed by atoms with van der Waals surface area (Å²) in [5.41, 5.74) is 6.50. The number of anilines is 1. The summed E-state index contributed by atoms with van der Waals surface area (Å²) in [6, 6.07) is 5.85. The summed E-state index contributed by atoms with van der Waals surface area (Å²) >= 11 is 6.09. The van der Waals surface area contributed by atoms with Crippen molar-refractivity contribution >= 4 is 28.2 Å². The predicted molar refractivity (Wildman–Crippen MR) is 68.7 cm³/mol. The van der Waals surface area contributed by atoms with Crippen molar-refractivity contribution in [1.82, 2.24) is 4.98 Å². The van der Waals surface area contributed by atoms with E-state index in [1.807, 2.05) is 25.1 Å². The van der Waals surface area contributed by atoms with Crippen molar-refractivity contribution in [2.45, 2.75) is 20.3 Å². The van der Waals surface area contributed by atoms with E-state index in [4.69, 9.17) is 17.4 Å². The van der Waals surface area contributed by atoms with Gasteiger partial charge in [-0.15, -0.1) is 0 Å². The summed E-state index contributed by atoms with van der Waals surface area (Å²) in [4.78, 5) is 4.52. The Morgan fingerprint density at radius 2 is 2.12 bits per heavy atom. The van der Waals surface area contributed by atoms with Crippen molar-refractivity contribution in [2.75, 3.05) is 5.43 Å². The molecule has 2 rings (SSSR count). The van der Waals surface area contributed by atoms with E-state index in [1.54, 1.807) is 0 Å². The number of nitrogen functional groups attached to an aromatic ring is 1. The van der Waals surface area contributed by atoms with E-state index in [1.165, 1.54) is 0 Å². The highest BCUT2D eigenvalue weighted by molar-refractivity contribution is 6.32. The van der Waals surface area contributed by atoms with E-state index in [0.717, 1.165) is 39.3 Å². The Hall–Kier alpha value is -1.32. The SMILES string of the molecule is CCc1cc(NN)c2cc(C)c(Cl)cc2n1. The van der Waals surface area contributed by atoms with Gasteiger partial charge in [-0.1, -0.05) is 18.5 Å². The summed E-state index contributed by atoms with van der Waals surface area (Å²) in [5, 5.41) is 1.73. The summed E-state index contributed by atoms with van der Waals surface area (Å²) in [6.45, 7) is 4.03. The Labute approximate surface area is 99.6 Å². The lowest BCUT2D eigenvalue weighted by molar-refractivity contribution is 1.05. The molecule has 0 amide bonds. The van der Waals surface area contributed by atoms with E-state index < -0.39 is 0 Å². The second-order valence-corrected chi connectivity index (χ2v) is 4.18. The van der Waals surface area contributed by atoms with Crippen molar-refractivity contribution in [2.24, 2.45) is 5.84 Å². The molecule has 3 nitrogen and oxygen atoms in total. The van der Waals surface area contributed by atoms with Crippen LogP contribution >= 0.6 is 11.6 Å². The van der Waals surface area contributed by atoms with Gasteiger partial charge < -0.3 is 5.43 Å². The number of pyridine rings is 1. The Kier molecular flexibility index (Phi) is 2.99. The molecular formula is C12H14ClN3. The molecule has 0 unspecified atom stereocenters. The molecule has 0 fully saturated rings. The summed E-state index contributed by atoms with van der Waals surface area (Å²) in [6.07, 6.45) is 0.871. The average molecular weight is 236 g/mol. The van der Waals surface area contributed by atoms with Crippen LogP contribution in [0.5, 0.6) is 0 Å². The molecule has 3 N–H and O–H groups in total. The zero-order chi connectivity index (χ0) is 11.7. The van der Waals surface area contributed by atoms with Gasteiger partial charge in [0.05, 0.1) is 11.2 Å². The number of nitrogens with zero attached hydrogens (tertiary/aromatic N) is 1. The Morgan fingerprint density at radius 1 is 1.38 bits per heavy atom. The fourth-order valence-corrected chi connectivity index (χ4v) is 1.87. The third-order valence-electron chi connectivity index (χ3n) is 2.66. The lowest BCUT2D eigenvalue weighted by Gasteiger charge is -2.09. The summed E-state index contributed by atoms with van der Waals surface area (Å²) < 4.78 is 0. The largest absolute Gasteiger partial charge is 0.323 e. The van der Waals surface area contributed by atoms with E-state index >= 15 is 0 Å². The van der Waals surface area contributed by atoms with Gasteiger partial charge in [-0.25, -0.2) is 0 Å². The topological polar surface area (TPSA) is 50.9 Å². The number of hydrogen-bond acceptors (Lipinski definition) is 3. The number of rotatable bonds is 2. The fraction of sp³-hybridized carbons (Fsp3) is 0.250. The second kappa shape index (κ2) is 4.28. The number of hydrazine groups is 1. The monoisotopic (exact) mass is 235 g/mol. The Bertz CT molecular complexity index is 537. The molecule has 0 saturated heterocycles. The second-order valence-electron chi connectivity index (χ2n) is 3.78. The van der Waals surface area contributed by atoms with Crippen LogP contribution in [0.3, 0.4) is 0 Å². The first kappa shape index (κ1) is 11.2. The number of halogens is 1. The highest BCUT2D eigenvalue weighted by Crippen LogP contribution is 2.28. The lowest BCUT2D eigenvalue weighted by Crippen LogP contribution is -2.08. The van der Waals surface area contributed by atoms with E-state index in [-0.39, 0.29) is 0 Å². The molecule has 1 heterocycles. The van der Waals surface area contributed by atoms with Gasteiger partial charge in [0, 0.05) is 16.1 Å². The van der Waals surface area contributed by atoms with Crippen molar-refractivity contribution in [3.8, 4) is 0 Å². The van der Waals surface area contributed by atoms with Gasteiger partial charge in [-0.3, -0.25) is 10.8 Å². The fourth-order valence-electron chi connectivity index (χ4n) is 1.71. The van der Waals surface area contributed by atoms with Gasteiger partial charge in [0.1, 0.15) is 0 Å². The van der Waals surface area contributed by atoms with Gasteiger partial charge in [-0.05, 0) is 37.1 Å². The molecule has 0 saturated carbocycles. The third-order valence-corrected chi connectivity index (χ3v) is 3.07. The molecule has 0 aliphatic rings. The van der Waals surface area contributed by atoms with Crippen molar-refractivity contribution < 1.29 is 0 Å². The molecule has 0 bridgehead atoms. The molecule has 0 aliphatic heterocycles. The van der Waals surface area contributed by atoms with Gasteiger partial charge in [0.25, 0.3) is 0 Å². The number of nitrogens with one attached hydrogen (secondary N) is 1. The third kappa shape index (κ3) is 1.84. The van der Waals surface area contributed by atoms with Crippen molar-refractivity contribution in [1.29, 1.82) is 0 Å². The number of aryl methyl sites for hydroxylation is 2. The van der Waals surface area contributed by atoms with E-state index in [2.05, 4.69) is 17.3 Å². The smallest absolute Gasteiger partial charge is 0.0741 e. The Morgan fingerprint density at radius 3 is 2.75 bits per heavy atom. The van der Waals surface area contributed by atoms with Crippen LogP contribution < -0.4 is 11.3 Å². The maximum absolute atomic E-state index is 6.09. The minimum Gasteiger partial charge on any atom is -0.323 e. The summed E-state index contributed by atoms with van der Waals surface area (Å²) in [5.74, 6) is 5.52. The number of fused-ring (bicyclic) bond motifs is 1.